The van der Waals surface area contributed by atoms with Crippen LogP contribution in [0.3, 0.4) is 0 Å². The fourth-order valence-corrected chi connectivity index (χ4v) is 7.04. The normalized spacial score (nSPS) is 20.0. The van der Waals surface area contributed by atoms with Crippen molar-refractivity contribution in [3.05, 3.63) is 47.4 Å². The molecule has 1 heterocycles. The number of methoxy groups -OCH3 is 1. The van der Waals surface area contributed by atoms with Crippen LogP contribution >= 0.6 is 34.9 Å². The summed E-state index contributed by atoms with van der Waals surface area (Å²) in [6, 6.07) is 10.6. The van der Waals surface area contributed by atoms with E-state index in [0.29, 0.717) is 24.4 Å². The smallest absolute Gasteiger partial charge is 0.315 e. The molecule has 1 aliphatic carbocycles. The average Bonchev–Trinajstić information content (AvgIpc) is 3.35. The first-order valence-electron chi connectivity index (χ1n) is 10.7. The van der Waals surface area contributed by atoms with Gasteiger partial charge >= 0.3 is 5.97 Å². The van der Waals surface area contributed by atoms with E-state index < -0.39 is 6.10 Å². The van der Waals surface area contributed by atoms with Crippen LogP contribution in [0.1, 0.15) is 30.6 Å². The molecule has 0 aliphatic heterocycles. The Morgan fingerprint density at radius 2 is 2.19 bits per heavy atom. The highest BCUT2D eigenvalue weighted by Crippen LogP contribution is 2.34. The second-order valence-electron chi connectivity index (χ2n) is 7.68. The molecule has 0 bridgehead atoms. The van der Waals surface area contributed by atoms with Gasteiger partial charge in [0.25, 0.3) is 0 Å². The fourth-order valence-electron chi connectivity index (χ4n) is 3.66. The number of carbonyl (C=O) groups excluding carboxylic acids is 2. The quantitative estimate of drug-likeness (QED) is 0.259. The number of ketones is 1. The highest BCUT2D eigenvalue weighted by atomic mass is 32.2. The van der Waals surface area contributed by atoms with E-state index in [9.17, 15) is 14.7 Å². The molecule has 0 unspecified atom stereocenters. The lowest BCUT2D eigenvalue weighted by Crippen LogP contribution is -2.17. The molecular weight excluding hydrogens is 448 g/mol. The van der Waals surface area contributed by atoms with Crippen molar-refractivity contribution in [2.24, 2.45) is 5.92 Å². The second-order valence-corrected chi connectivity index (χ2v) is 11.2. The van der Waals surface area contributed by atoms with Gasteiger partial charge < -0.3 is 9.84 Å². The molecule has 3 rings (SSSR count). The van der Waals surface area contributed by atoms with Crippen LogP contribution in [0.4, 0.5) is 0 Å². The van der Waals surface area contributed by atoms with Crippen LogP contribution in [-0.4, -0.2) is 52.6 Å². The monoisotopic (exact) mass is 478 g/mol. The first kappa shape index (κ1) is 24.4. The van der Waals surface area contributed by atoms with Crippen LogP contribution in [0.25, 0.3) is 10.1 Å². The summed E-state index contributed by atoms with van der Waals surface area (Å²) in [4.78, 5) is 24.7. The number of fused-ring (bicyclic) bond motifs is 1. The second kappa shape index (κ2) is 12.7. The molecule has 0 amide bonds. The van der Waals surface area contributed by atoms with E-state index >= 15 is 0 Å². The molecule has 1 aromatic carbocycles. The van der Waals surface area contributed by atoms with E-state index in [-0.39, 0.29) is 17.1 Å². The van der Waals surface area contributed by atoms with E-state index in [1.165, 1.54) is 22.1 Å². The summed E-state index contributed by atoms with van der Waals surface area (Å²) in [6.07, 6.45) is 7.47. The number of thiophene rings is 1. The number of aryl methyl sites for hydroxylation is 1. The van der Waals surface area contributed by atoms with Crippen molar-refractivity contribution in [2.45, 2.75) is 43.5 Å². The molecule has 1 aliphatic rings. The first-order chi connectivity index (χ1) is 15.1. The molecule has 1 saturated carbocycles. The van der Waals surface area contributed by atoms with Crippen molar-refractivity contribution < 1.29 is 19.4 Å². The number of benzene rings is 1. The maximum Gasteiger partial charge on any atom is 0.315 e. The Kier molecular flexibility index (Phi) is 9.96. The third kappa shape index (κ3) is 7.67. The Bertz CT molecular complexity index is 859. The van der Waals surface area contributed by atoms with Crippen LogP contribution in [0.5, 0.6) is 0 Å². The number of aliphatic hydroxyl groups excluding tert-OH is 1. The molecule has 31 heavy (non-hydrogen) atoms. The predicted octanol–water partition coefficient (Wildman–Crippen LogP) is 5.13. The number of carbonyl (C=O) groups is 2. The van der Waals surface area contributed by atoms with Gasteiger partial charge in [0.15, 0.2) is 0 Å². The summed E-state index contributed by atoms with van der Waals surface area (Å²) in [7, 11) is 1.40. The molecule has 1 fully saturated rings. The number of ether oxygens (including phenoxy) is 1. The molecule has 1 aromatic heterocycles. The summed E-state index contributed by atoms with van der Waals surface area (Å²) in [6.45, 7) is 0. The van der Waals surface area contributed by atoms with Crippen LogP contribution in [0, 0.1) is 5.92 Å². The van der Waals surface area contributed by atoms with Crippen LogP contribution in [0.15, 0.2) is 42.5 Å². The molecular formula is C24H30O4S3. The predicted molar refractivity (Wildman–Crippen MR) is 133 cm³/mol. The molecule has 3 atom stereocenters. The molecule has 2 aromatic rings. The molecule has 0 spiro atoms. The Morgan fingerprint density at radius 1 is 1.35 bits per heavy atom. The lowest BCUT2D eigenvalue weighted by Gasteiger charge is -2.15. The number of rotatable bonds is 12. The van der Waals surface area contributed by atoms with E-state index in [4.69, 9.17) is 0 Å². The molecule has 0 saturated heterocycles. The maximum absolute atomic E-state index is 12.3. The van der Waals surface area contributed by atoms with Gasteiger partial charge in [-0.3, -0.25) is 9.59 Å². The molecule has 7 heteroatoms. The van der Waals surface area contributed by atoms with Gasteiger partial charge in [-0.15, -0.1) is 23.1 Å². The summed E-state index contributed by atoms with van der Waals surface area (Å²) in [5, 5.41) is 11.7. The number of hydrogen-bond acceptors (Lipinski definition) is 7. The lowest BCUT2D eigenvalue weighted by molar-refractivity contribution is -0.137. The van der Waals surface area contributed by atoms with Crippen molar-refractivity contribution >= 4 is 56.7 Å². The van der Waals surface area contributed by atoms with Crippen molar-refractivity contribution in [1.82, 2.24) is 0 Å². The van der Waals surface area contributed by atoms with Gasteiger partial charge in [0, 0.05) is 16.0 Å². The largest absolute Gasteiger partial charge is 0.468 e. The zero-order chi connectivity index (χ0) is 22.1. The maximum atomic E-state index is 12.3. The van der Waals surface area contributed by atoms with Gasteiger partial charge in [0.1, 0.15) is 5.78 Å². The number of Topliss-reactive ketones (excluding diaryl/α,β-unsaturated/α-hetero) is 1. The number of thioether (sulfide) groups is 2. The number of allylic oxidation sites excluding steroid dienone is 1. The lowest BCUT2D eigenvalue weighted by atomic mass is 10.0. The molecule has 1 N–H and O–H groups in total. The molecule has 4 nitrogen and oxygen atoms in total. The summed E-state index contributed by atoms with van der Waals surface area (Å²) in [5.74, 6) is 2.51. The van der Waals surface area contributed by atoms with E-state index in [0.717, 1.165) is 30.8 Å². The Labute approximate surface area is 196 Å². The zero-order valence-electron chi connectivity index (χ0n) is 17.8. The van der Waals surface area contributed by atoms with Crippen molar-refractivity contribution in [2.75, 3.05) is 24.4 Å². The highest BCUT2D eigenvalue weighted by Gasteiger charge is 2.33. The van der Waals surface area contributed by atoms with Gasteiger partial charge in [0.2, 0.25) is 0 Å². The van der Waals surface area contributed by atoms with Crippen molar-refractivity contribution in [3.8, 4) is 0 Å². The summed E-state index contributed by atoms with van der Waals surface area (Å²) in [5.41, 5.74) is 0. The fraction of sp³-hybridized carbons (Fsp3) is 0.500. The van der Waals surface area contributed by atoms with Gasteiger partial charge in [-0.05, 0) is 60.6 Å². The first-order valence-corrected chi connectivity index (χ1v) is 13.7. The molecule has 168 valence electrons. The van der Waals surface area contributed by atoms with Gasteiger partial charge in [-0.1, -0.05) is 30.4 Å². The van der Waals surface area contributed by atoms with Gasteiger partial charge in [0.05, 0.1) is 24.2 Å². The van der Waals surface area contributed by atoms with Crippen LogP contribution in [-0.2, 0) is 20.7 Å². The molecule has 0 radical (unpaired) electrons. The Hall–Kier alpha value is -1.28. The summed E-state index contributed by atoms with van der Waals surface area (Å²) >= 11 is 5.08. The minimum absolute atomic E-state index is 0.00310. The van der Waals surface area contributed by atoms with Crippen molar-refractivity contribution in [3.63, 3.8) is 0 Å². The minimum atomic E-state index is -0.485. The average molecular weight is 479 g/mol. The van der Waals surface area contributed by atoms with Crippen LogP contribution in [0.2, 0.25) is 0 Å². The third-order valence-electron chi connectivity index (χ3n) is 5.35. The number of esters is 1. The number of hydrogen-bond donors (Lipinski definition) is 1. The summed E-state index contributed by atoms with van der Waals surface area (Å²) < 4.78 is 5.92. The standard InChI is InChI=1S/C24H30O4S3/c1-28-23(27)16-29-13-4-14-30-24-17(8-12-21(24)26)7-9-19(25)10-11-20-15-18-5-2-3-6-22(18)31-20/h2-3,5-7,9,15,17,19,24-25H,4,8,10-14,16H2,1H3/t17-,19-,24-/m1/s1. The Balaban J connectivity index is 1.39. The third-order valence-corrected chi connectivity index (χ3v) is 9.04. The van der Waals surface area contributed by atoms with Gasteiger partial charge in [-0.25, -0.2) is 0 Å². The topological polar surface area (TPSA) is 63.6 Å². The van der Waals surface area contributed by atoms with Gasteiger partial charge in [-0.2, -0.15) is 11.8 Å². The van der Waals surface area contributed by atoms with E-state index in [2.05, 4.69) is 41.1 Å². The van der Waals surface area contributed by atoms with Crippen molar-refractivity contribution in [1.29, 1.82) is 0 Å². The minimum Gasteiger partial charge on any atom is -0.468 e. The number of aliphatic hydroxyl groups is 1. The van der Waals surface area contributed by atoms with Crippen LogP contribution < -0.4 is 0 Å². The highest BCUT2D eigenvalue weighted by molar-refractivity contribution is 8.01. The SMILES string of the molecule is COC(=O)CSCCCS[C@H]1C(=O)CC[C@H]1C=C[C@@H](O)CCc1cc2ccccc2s1. The Morgan fingerprint density at radius 3 is 3.00 bits per heavy atom. The van der Waals surface area contributed by atoms with E-state index in [1.807, 2.05) is 6.08 Å². The van der Waals surface area contributed by atoms with E-state index in [1.54, 1.807) is 34.9 Å². The zero-order valence-corrected chi connectivity index (χ0v) is 20.3.